The first-order chi connectivity index (χ1) is 13.4. The van der Waals surface area contributed by atoms with Crippen LogP contribution in [0.15, 0.2) is 96.4 Å². The van der Waals surface area contributed by atoms with Gasteiger partial charge >= 0.3 is 0 Å². The molecule has 0 saturated heterocycles. The lowest BCUT2D eigenvalue weighted by Gasteiger charge is -2.40. The van der Waals surface area contributed by atoms with Crippen molar-refractivity contribution < 1.29 is 4.79 Å². The second-order valence-corrected chi connectivity index (χ2v) is 8.12. The maximum Gasteiger partial charge on any atom is 0.207 e. The highest BCUT2D eigenvalue weighted by Crippen LogP contribution is 2.49. The molecule has 0 radical (unpaired) electrons. The van der Waals surface area contributed by atoms with Crippen molar-refractivity contribution in [2.45, 2.75) is 26.3 Å². The number of carbonyl (C=O) groups excluding carboxylic acids is 1. The van der Waals surface area contributed by atoms with E-state index in [0.717, 1.165) is 16.8 Å². The summed E-state index contributed by atoms with van der Waals surface area (Å²) in [5.74, 6) is 6.45. The fraction of sp³-hybridized carbons (Fsp3) is 0.192. The lowest BCUT2D eigenvalue weighted by molar-refractivity contribution is -0.120. The molecular formula is C26H23NO. The Balaban J connectivity index is 1.93. The third kappa shape index (κ3) is 2.80. The molecule has 1 unspecified atom stereocenters. The van der Waals surface area contributed by atoms with Gasteiger partial charge in [0.1, 0.15) is 0 Å². The van der Waals surface area contributed by atoms with Crippen LogP contribution in [0.2, 0.25) is 0 Å². The second kappa shape index (κ2) is 6.69. The Morgan fingerprint density at radius 2 is 1.50 bits per heavy atom. The molecule has 2 heterocycles. The smallest absolute Gasteiger partial charge is 0.207 e. The molecule has 0 amide bonds. The zero-order chi connectivity index (χ0) is 19.8. The Morgan fingerprint density at radius 3 is 2.14 bits per heavy atom. The summed E-state index contributed by atoms with van der Waals surface area (Å²) in [4.78, 5) is 16.0. The molecule has 0 bridgehead atoms. The standard InChI is InChI=1S/C26H23NO/c1-25(2,3)23-22(17-16-20-12-6-4-7-13-20)24(28)26(18-10-11-19-27(23)26)21-14-8-5-9-15-21/h4-15,18-19H,1-3H3. The fourth-order valence-electron chi connectivity index (χ4n) is 3.95. The number of rotatable bonds is 1. The van der Waals surface area contributed by atoms with Crippen LogP contribution in [0, 0.1) is 17.3 Å². The van der Waals surface area contributed by atoms with Crippen LogP contribution >= 0.6 is 0 Å². The Bertz CT molecular complexity index is 1060. The van der Waals surface area contributed by atoms with E-state index >= 15 is 0 Å². The molecule has 2 aliphatic rings. The van der Waals surface area contributed by atoms with Gasteiger partial charge < -0.3 is 4.90 Å². The van der Waals surface area contributed by atoms with Gasteiger partial charge in [-0.1, -0.05) is 87.2 Å². The van der Waals surface area contributed by atoms with E-state index in [4.69, 9.17) is 0 Å². The zero-order valence-corrected chi connectivity index (χ0v) is 16.4. The first kappa shape index (κ1) is 18.1. The summed E-state index contributed by atoms with van der Waals surface area (Å²) in [5.41, 5.74) is 2.32. The largest absolute Gasteiger partial charge is 0.329 e. The van der Waals surface area contributed by atoms with Crippen molar-refractivity contribution >= 4 is 5.78 Å². The van der Waals surface area contributed by atoms with Gasteiger partial charge in [-0.05, 0) is 29.8 Å². The van der Waals surface area contributed by atoms with Crippen LogP contribution in [0.3, 0.4) is 0 Å². The zero-order valence-electron chi connectivity index (χ0n) is 16.4. The normalized spacial score (nSPS) is 20.8. The number of allylic oxidation sites excluding steroid dienone is 3. The van der Waals surface area contributed by atoms with Gasteiger partial charge in [0.05, 0.1) is 5.57 Å². The van der Waals surface area contributed by atoms with Crippen LogP contribution in [0.5, 0.6) is 0 Å². The number of Topliss-reactive ketones (excluding diaryl/α,β-unsaturated/α-hetero) is 1. The average Bonchev–Trinajstić information content (AvgIpc) is 2.97. The SMILES string of the molecule is CC(C)(C)C1=C(C#Cc2ccccc2)C(=O)C2(c3ccccc3)C=CC=CN12. The first-order valence-electron chi connectivity index (χ1n) is 9.52. The molecule has 2 heteroatoms. The number of fused-ring (bicyclic) bond motifs is 1. The molecule has 0 saturated carbocycles. The van der Waals surface area contributed by atoms with Gasteiger partial charge in [0.15, 0.2) is 5.54 Å². The molecule has 0 spiro atoms. The van der Waals surface area contributed by atoms with E-state index in [9.17, 15) is 4.79 Å². The van der Waals surface area contributed by atoms with Crippen molar-refractivity contribution in [3.05, 3.63) is 107 Å². The summed E-state index contributed by atoms with van der Waals surface area (Å²) in [7, 11) is 0. The minimum Gasteiger partial charge on any atom is -0.329 e. The summed E-state index contributed by atoms with van der Waals surface area (Å²) in [5, 5.41) is 0. The Hall–Kier alpha value is -3.31. The third-order valence-electron chi connectivity index (χ3n) is 5.14. The molecule has 0 fully saturated rings. The summed E-state index contributed by atoms with van der Waals surface area (Å²) in [6, 6.07) is 19.8. The van der Waals surface area contributed by atoms with E-state index in [-0.39, 0.29) is 11.2 Å². The molecule has 2 aromatic rings. The van der Waals surface area contributed by atoms with Crippen molar-refractivity contribution in [1.29, 1.82) is 0 Å². The highest BCUT2D eigenvalue weighted by Gasteiger charge is 2.54. The maximum absolute atomic E-state index is 13.9. The van der Waals surface area contributed by atoms with Crippen LogP contribution in [0.4, 0.5) is 0 Å². The van der Waals surface area contributed by atoms with Gasteiger partial charge in [-0.2, -0.15) is 0 Å². The van der Waals surface area contributed by atoms with Gasteiger partial charge in [-0.3, -0.25) is 4.79 Å². The van der Waals surface area contributed by atoms with Crippen molar-refractivity contribution in [3.63, 3.8) is 0 Å². The van der Waals surface area contributed by atoms with E-state index in [1.807, 2.05) is 85.1 Å². The molecular weight excluding hydrogens is 342 g/mol. The lowest BCUT2D eigenvalue weighted by atomic mass is 9.83. The minimum absolute atomic E-state index is 0.0349. The average molecular weight is 365 g/mol. The number of hydrogen-bond donors (Lipinski definition) is 0. The van der Waals surface area contributed by atoms with Crippen molar-refractivity contribution in [2.24, 2.45) is 5.41 Å². The molecule has 2 aliphatic heterocycles. The highest BCUT2D eigenvalue weighted by atomic mass is 16.1. The first-order valence-corrected chi connectivity index (χ1v) is 9.52. The Morgan fingerprint density at radius 1 is 0.857 bits per heavy atom. The highest BCUT2D eigenvalue weighted by molar-refractivity contribution is 6.11. The van der Waals surface area contributed by atoms with E-state index in [1.54, 1.807) is 0 Å². The molecule has 4 rings (SSSR count). The molecule has 2 aromatic carbocycles. The Kier molecular flexibility index (Phi) is 4.32. The summed E-state index contributed by atoms with van der Waals surface area (Å²) in [6.07, 6.45) is 7.93. The van der Waals surface area contributed by atoms with E-state index in [2.05, 4.69) is 37.5 Å². The fourth-order valence-corrected chi connectivity index (χ4v) is 3.95. The predicted molar refractivity (Wildman–Crippen MR) is 113 cm³/mol. The number of nitrogens with zero attached hydrogens (tertiary/aromatic N) is 1. The predicted octanol–water partition coefficient (Wildman–Crippen LogP) is 5.20. The maximum atomic E-state index is 13.9. The molecule has 1 atom stereocenters. The third-order valence-corrected chi connectivity index (χ3v) is 5.14. The van der Waals surface area contributed by atoms with Gasteiger partial charge in [0.2, 0.25) is 5.78 Å². The number of ketones is 1. The van der Waals surface area contributed by atoms with Crippen molar-refractivity contribution in [3.8, 4) is 11.8 Å². The molecule has 2 nitrogen and oxygen atoms in total. The van der Waals surface area contributed by atoms with Crippen molar-refractivity contribution in [2.75, 3.05) is 0 Å². The van der Waals surface area contributed by atoms with E-state index in [0.29, 0.717) is 5.57 Å². The van der Waals surface area contributed by atoms with Crippen molar-refractivity contribution in [1.82, 2.24) is 4.90 Å². The Labute approximate surface area is 166 Å². The quantitative estimate of drug-likeness (QED) is 0.647. The summed E-state index contributed by atoms with van der Waals surface area (Å²) >= 11 is 0. The molecule has 0 N–H and O–H groups in total. The monoisotopic (exact) mass is 365 g/mol. The summed E-state index contributed by atoms with van der Waals surface area (Å²) < 4.78 is 0. The second-order valence-electron chi connectivity index (χ2n) is 8.12. The van der Waals surface area contributed by atoms with E-state index in [1.165, 1.54) is 0 Å². The number of benzene rings is 2. The van der Waals surface area contributed by atoms with Gasteiger partial charge in [0, 0.05) is 22.9 Å². The molecule has 28 heavy (non-hydrogen) atoms. The minimum atomic E-state index is -0.862. The topological polar surface area (TPSA) is 20.3 Å². The van der Waals surface area contributed by atoms with Gasteiger partial charge in [-0.25, -0.2) is 0 Å². The molecule has 0 aromatic heterocycles. The van der Waals surface area contributed by atoms with Gasteiger partial charge in [0.25, 0.3) is 0 Å². The van der Waals surface area contributed by atoms with E-state index < -0.39 is 5.54 Å². The van der Waals surface area contributed by atoms with Crippen LogP contribution < -0.4 is 0 Å². The number of hydrogen-bond acceptors (Lipinski definition) is 2. The number of carbonyl (C=O) groups is 1. The van der Waals surface area contributed by atoms with Crippen LogP contribution in [0.25, 0.3) is 0 Å². The summed E-state index contributed by atoms with van der Waals surface area (Å²) in [6.45, 7) is 6.40. The van der Waals surface area contributed by atoms with Gasteiger partial charge in [-0.15, -0.1) is 0 Å². The molecule has 138 valence electrons. The molecule has 0 aliphatic carbocycles. The van der Waals surface area contributed by atoms with Crippen LogP contribution in [-0.4, -0.2) is 10.7 Å². The lowest BCUT2D eigenvalue weighted by Crippen LogP contribution is -2.44. The van der Waals surface area contributed by atoms with Crippen LogP contribution in [0.1, 0.15) is 31.9 Å². The van der Waals surface area contributed by atoms with Crippen LogP contribution in [-0.2, 0) is 10.3 Å².